The van der Waals surface area contributed by atoms with Crippen LogP contribution in [0.1, 0.15) is 0 Å². The first-order valence-corrected chi connectivity index (χ1v) is 7.74. The molecule has 3 aromatic rings. The van der Waals surface area contributed by atoms with Gasteiger partial charge in [-0.25, -0.2) is 0 Å². The van der Waals surface area contributed by atoms with Crippen LogP contribution in [0, 0.1) is 14.9 Å². The molecule has 23 heavy (non-hydrogen) atoms. The first-order chi connectivity index (χ1) is 9.45. The van der Waals surface area contributed by atoms with Crippen molar-refractivity contribution in [1.82, 2.24) is 0 Å². The van der Waals surface area contributed by atoms with E-state index in [-0.39, 0.29) is 56.1 Å². The van der Waals surface area contributed by atoms with E-state index >= 15 is 0 Å². The summed E-state index contributed by atoms with van der Waals surface area (Å²) in [5, 5.41) is 4.19. The average Bonchev–Trinajstić information content (AvgIpc) is 2.51. The normalized spacial score (nSPS) is 8.74. The molecule has 0 aliphatic rings. The van der Waals surface area contributed by atoms with Gasteiger partial charge in [-0.3, -0.25) is 0 Å². The average molecular weight is 496 g/mol. The third kappa shape index (κ3) is 6.44. The Morgan fingerprint density at radius 1 is 0.435 bits per heavy atom. The zero-order valence-electron chi connectivity index (χ0n) is 13.9. The van der Waals surface area contributed by atoms with Crippen molar-refractivity contribution in [1.29, 1.82) is 0 Å². The van der Waals surface area contributed by atoms with E-state index in [4.69, 9.17) is 0 Å². The summed E-state index contributed by atoms with van der Waals surface area (Å²) in [5.41, 5.74) is 0. The standard InChI is InChI=1S/C18H15P.2CH3.Au.Li/c1-4-10-16(11-5-1)19(17-12-6-2-7-13-17)18-14-8-3-9-15-18;;;;/h1-15H;2*1H3;;/q;2*-1;2*+1. The van der Waals surface area contributed by atoms with Crippen LogP contribution in [-0.4, -0.2) is 0 Å². The smallest absolute Gasteiger partial charge is 0.358 e. The molecule has 0 amide bonds. The molecule has 0 aliphatic carbocycles. The summed E-state index contributed by atoms with van der Waals surface area (Å²) in [7, 11) is -0.446. The molecule has 3 aromatic carbocycles. The summed E-state index contributed by atoms with van der Waals surface area (Å²) in [5.74, 6) is 0. The van der Waals surface area contributed by atoms with Crippen LogP contribution >= 0.6 is 7.92 Å². The predicted molar refractivity (Wildman–Crippen MR) is 98.0 cm³/mol. The van der Waals surface area contributed by atoms with Crippen LogP contribution in [0.15, 0.2) is 91.0 Å². The van der Waals surface area contributed by atoms with Gasteiger partial charge in [0.25, 0.3) is 0 Å². The van der Waals surface area contributed by atoms with Gasteiger partial charge in [0, 0.05) is 0 Å². The van der Waals surface area contributed by atoms with Crippen LogP contribution < -0.4 is 34.8 Å². The van der Waals surface area contributed by atoms with Crippen molar-refractivity contribution in [2.75, 3.05) is 0 Å². The van der Waals surface area contributed by atoms with Gasteiger partial charge >= 0.3 is 41.2 Å². The topological polar surface area (TPSA) is 0 Å². The Kier molecular flexibility index (Phi) is 13.7. The van der Waals surface area contributed by atoms with Gasteiger partial charge < -0.3 is 14.9 Å². The number of hydrogen-bond donors (Lipinski definition) is 0. The second-order valence-electron chi connectivity index (χ2n) is 4.34. The van der Waals surface area contributed by atoms with E-state index in [9.17, 15) is 0 Å². The van der Waals surface area contributed by atoms with Crippen molar-refractivity contribution in [2.24, 2.45) is 0 Å². The van der Waals surface area contributed by atoms with E-state index in [0.29, 0.717) is 0 Å². The SMILES string of the molecule is [Au+].[CH3-].[CH3-].[Li+].c1ccc(P(c2ccccc2)c2ccccc2)cc1. The van der Waals surface area contributed by atoms with Crippen LogP contribution in [-0.2, 0) is 22.4 Å². The van der Waals surface area contributed by atoms with Gasteiger partial charge in [0.2, 0.25) is 0 Å². The molecule has 0 aromatic heterocycles. The van der Waals surface area contributed by atoms with Crippen LogP contribution in [0.4, 0.5) is 0 Å². The van der Waals surface area contributed by atoms with E-state index in [1.54, 1.807) is 0 Å². The minimum Gasteiger partial charge on any atom is -0.358 e. The van der Waals surface area contributed by atoms with Gasteiger partial charge in [-0.15, -0.1) is 0 Å². The van der Waals surface area contributed by atoms with Crippen molar-refractivity contribution in [3.8, 4) is 0 Å². The molecule has 0 heterocycles. The van der Waals surface area contributed by atoms with E-state index in [1.807, 2.05) is 0 Å². The molecule has 0 saturated carbocycles. The van der Waals surface area contributed by atoms with Gasteiger partial charge in [0.15, 0.2) is 0 Å². The fourth-order valence-electron chi connectivity index (χ4n) is 2.18. The second kappa shape index (κ2) is 12.8. The van der Waals surface area contributed by atoms with Crippen LogP contribution in [0.25, 0.3) is 0 Å². The first kappa shape index (κ1) is 24.7. The fraction of sp³-hybridized carbons (Fsp3) is 0. The summed E-state index contributed by atoms with van der Waals surface area (Å²) < 4.78 is 0. The van der Waals surface area contributed by atoms with Gasteiger partial charge in [-0.1, -0.05) is 91.0 Å². The van der Waals surface area contributed by atoms with Crippen molar-refractivity contribution in [3.05, 3.63) is 106 Å². The van der Waals surface area contributed by atoms with Gasteiger partial charge in [0.05, 0.1) is 0 Å². The Labute approximate surface area is 170 Å². The van der Waals surface area contributed by atoms with Crippen molar-refractivity contribution in [3.63, 3.8) is 0 Å². The zero-order chi connectivity index (χ0) is 12.9. The number of rotatable bonds is 3. The van der Waals surface area contributed by atoms with Crippen LogP contribution in [0.5, 0.6) is 0 Å². The van der Waals surface area contributed by atoms with Crippen molar-refractivity contribution < 1.29 is 41.2 Å². The maximum atomic E-state index is 2.23. The number of hydrogen-bond acceptors (Lipinski definition) is 0. The largest absolute Gasteiger partial charge is 1.00 e. The fourth-order valence-corrected chi connectivity index (χ4v) is 4.48. The summed E-state index contributed by atoms with van der Waals surface area (Å²) in [6, 6.07) is 32.3. The van der Waals surface area contributed by atoms with Gasteiger partial charge in [-0.05, 0) is 23.8 Å². The molecule has 0 unspecified atom stereocenters. The third-order valence-electron chi connectivity index (χ3n) is 3.04. The minimum atomic E-state index is -0.446. The molecule has 0 nitrogen and oxygen atoms in total. The van der Waals surface area contributed by atoms with Crippen LogP contribution in [0.2, 0.25) is 0 Å². The van der Waals surface area contributed by atoms with Crippen molar-refractivity contribution >= 4 is 23.8 Å². The molecule has 118 valence electrons. The van der Waals surface area contributed by atoms with Gasteiger partial charge in [0.1, 0.15) is 0 Å². The van der Waals surface area contributed by atoms with E-state index in [0.717, 1.165) is 0 Å². The Morgan fingerprint density at radius 3 is 0.870 bits per heavy atom. The molecule has 0 aliphatic heterocycles. The van der Waals surface area contributed by atoms with Crippen molar-refractivity contribution in [2.45, 2.75) is 0 Å². The molecular formula is C20H21AuLiP. The Morgan fingerprint density at radius 2 is 0.652 bits per heavy atom. The molecule has 0 saturated heterocycles. The first-order valence-electron chi connectivity index (χ1n) is 6.40. The molecule has 0 spiro atoms. The summed E-state index contributed by atoms with van der Waals surface area (Å²) in [4.78, 5) is 0. The monoisotopic (exact) mass is 496 g/mol. The molecule has 0 fully saturated rings. The van der Waals surface area contributed by atoms with E-state index in [2.05, 4.69) is 91.0 Å². The molecule has 0 N–H and O–H groups in total. The second-order valence-corrected chi connectivity index (χ2v) is 6.56. The zero-order valence-corrected chi connectivity index (χ0v) is 17.0. The van der Waals surface area contributed by atoms with Crippen LogP contribution in [0.3, 0.4) is 0 Å². The van der Waals surface area contributed by atoms with E-state index < -0.39 is 7.92 Å². The molecule has 3 rings (SSSR count). The molecule has 0 radical (unpaired) electrons. The Balaban J connectivity index is 0. The van der Waals surface area contributed by atoms with E-state index in [1.165, 1.54) is 15.9 Å². The quantitative estimate of drug-likeness (QED) is 0.292. The maximum absolute atomic E-state index is 2.23. The summed E-state index contributed by atoms with van der Waals surface area (Å²) in [6.07, 6.45) is 0. The molecule has 0 atom stereocenters. The predicted octanol–water partition coefficient (Wildman–Crippen LogP) is 1.35. The summed E-state index contributed by atoms with van der Waals surface area (Å²) >= 11 is 0. The number of benzene rings is 3. The van der Waals surface area contributed by atoms with Gasteiger partial charge in [-0.2, -0.15) is 0 Å². The Bertz CT molecular complexity index is 536. The minimum absolute atomic E-state index is 0. The molecular weight excluding hydrogens is 475 g/mol. The Hall–Kier alpha value is -0.572. The third-order valence-corrected chi connectivity index (χ3v) is 5.49. The summed E-state index contributed by atoms with van der Waals surface area (Å²) in [6.45, 7) is 0. The molecule has 0 bridgehead atoms. The maximum Gasteiger partial charge on any atom is 1.00 e. The molecule has 3 heteroatoms.